The summed E-state index contributed by atoms with van der Waals surface area (Å²) < 4.78 is 21.7. The van der Waals surface area contributed by atoms with Gasteiger partial charge in [0.2, 0.25) is 0 Å². The average molecular weight is 161 g/mol. The van der Waals surface area contributed by atoms with Crippen LogP contribution in [0.25, 0.3) is 0 Å². The fraction of sp³-hybridized carbons (Fsp3) is 0. The average Bonchev–Trinajstić information content (AvgIpc) is 1.82. The van der Waals surface area contributed by atoms with E-state index >= 15 is 0 Å². The summed E-state index contributed by atoms with van der Waals surface area (Å²) in [4.78, 5) is 3.61. The molecule has 0 N–H and O–H groups in total. The van der Waals surface area contributed by atoms with Gasteiger partial charge in [-0.1, -0.05) is 6.04 Å². The number of nitrogens with zero attached hydrogens (tertiary/aromatic N) is 1. The predicted molar refractivity (Wildman–Crippen MR) is 31.9 cm³/mol. The van der Waals surface area contributed by atoms with Crippen LogP contribution in [0.1, 0.15) is 4.11 Å². The summed E-state index contributed by atoms with van der Waals surface area (Å²) in [5, 5.41) is 0. The van der Waals surface area contributed by atoms with E-state index in [9.17, 15) is 0 Å². The first kappa shape index (κ1) is 2.27. The highest BCUT2D eigenvalue weighted by molar-refractivity contribution is 9.10. The van der Waals surface area contributed by atoms with E-state index in [1.165, 1.54) is 6.07 Å². The van der Waals surface area contributed by atoms with Crippen LogP contribution in [0.5, 0.6) is 0 Å². The molecule has 0 saturated carbocycles. The molecular formula is C5H4BrN. The molecule has 0 atom stereocenters. The van der Waals surface area contributed by atoms with E-state index in [2.05, 4.69) is 20.9 Å². The number of hydrogen-bond acceptors (Lipinski definition) is 1. The lowest BCUT2D eigenvalue weighted by Crippen LogP contribution is -1.66. The normalized spacial score (nSPS) is 14.7. The molecule has 1 nitrogen and oxygen atoms in total. The lowest BCUT2D eigenvalue weighted by molar-refractivity contribution is 1.28. The third-order valence-corrected chi connectivity index (χ3v) is 0.888. The minimum Gasteiger partial charge on any atom is -0.249 e. The molecule has 0 aliphatic heterocycles. The van der Waals surface area contributed by atoms with Crippen molar-refractivity contribution in [3.63, 3.8) is 0 Å². The van der Waals surface area contributed by atoms with Crippen molar-refractivity contribution < 1.29 is 4.11 Å². The van der Waals surface area contributed by atoms with Crippen molar-refractivity contribution in [1.82, 2.24) is 4.98 Å². The molecular weight excluding hydrogens is 154 g/mol. The van der Waals surface area contributed by atoms with E-state index in [1.807, 2.05) is 0 Å². The second-order valence-corrected chi connectivity index (χ2v) is 1.77. The van der Waals surface area contributed by atoms with Gasteiger partial charge in [0.15, 0.2) is 0 Å². The Hall–Kier alpha value is -0.370. The van der Waals surface area contributed by atoms with E-state index in [1.54, 1.807) is 0 Å². The van der Waals surface area contributed by atoms with Gasteiger partial charge in [-0.25, -0.2) is 4.98 Å². The second kappa shape index (κ2) is 2.07. The van der Waals surface area contributed by atoms with E-state index < -0.39 is 0 Å². The number of hydrogen-bond donors (Lipinski definition) is 0. The highest BCUT2D eigenvalue weighted by Gasteiger charge is 1.75. The van der Waals surface area contributed by atoms with E-state index in [-0.39, 0.29) is 18.3 Å². The Bertz CT molecular complexity index is 240. The molecule has 7 heavy (non-hydrogen) atoms. The summed E-state index contributed by atoms with van der Waals surface area (Å²) in [5.41, 5.74) is 0. The molecule has 0 aromatic carbocycles. The van der Waals surface area contributed by atoms with Gasteiger partial charge in [-0.15, -0.1) is 0 Å². The summed E-state index contributed by atoms with van der Waals surface area (Å²) in [6.45, 7) is 0. The maximum Gasteiger partial charge on any atom is 0.106 e. The molecule has 36 valence electrons. The molecule has 0 bridgehead atoms. The van der Waals surface area contributed by atoms with Gasteiger partial charge in [0.1, 0.15) is 4.60 Å². The second-order valence-electron chi connectivity index (χ2n) is 0.960. The van der Waals surface area contributed by atoms with Gasteiger partial charge in [0.05, 0.1) is 4.11 Å². The fourth-order valence-electron chi connectivity index (χ4n) is 0.242. The maximum absolute atomic E-state index is 7.12. The van der Waals surface area contributed by atoms with Gasteiger partial charge in [-0.05, 0) is 28.0 Å². The highest BCUT2D eigenvalue weighted by Crippen LogP contribution is 2.00. The first-order valence-corrected chi connectivity index (χ1v) is 2.51. The highest BCUT2D eigenvalue weighted by atomic mass is 79.9. The molecule has 0 spiro atoms. The summed E-state index contributed by atoms with van der Waals surface area (Å²) >= 11 is 3.01. The summed E-state index contributed by atoms with van der Waals surface area (Å²) in [5.74, 6) is 0. The van der Waals surface area contributed by atoms with Crippen molar-refractivity contribution >= 4 is 15.9 Å². The Balaban J connectivity index is 3.31. The molecule has 0 fully saturated rings. The molecule has 0 amide bonds. The van der Waals surface area contributed by atoms with Crippen LogP contribution in [0.4, 0.5) is 0 Å². The zero-order valence-electron chi connectivity index (χ0n) is 6.40. The van der Waals surface area contributed by atoms with Crippen molar-refractivity contribution in [2.75, 3.05) is 0 Å². The van der Waals surface area contributed by atoms with Crippen LogP contribution < -0.4 is 0 Å². The smallest absolute Gasteiger partial charge is 0.106 e. The fourth-order valence-corrected chi connectivity index (χ4v) is 0.445. The van der Waals surface area contributed by atoms with Gasteiger partial charge in [-0.2, -0.15) is 0 Å². The lowest BCUT2D eigenvalue weighted by atomic mass is 10.5. The van der Waals surface area contributed by atoms with E-state index in [0.717, 1.165) is 0 Å². The number of halogens is 1. The molecule has 0 saturated heterocycles. The van der Waals surface area contributed by atoms with Gasteiger partial charge in [0.25, 0.3) is 0 Å². The molecule has 0 aliphatic rings. The quantitative estimate of drug-likeness (QED) is 0.529. The number of rotatable bonds is 0. The van der Waals surface area contributed by atoms with Crippen LogP contribution >= 0.6 is 15.9 Å². The van der Waals surface area contributed by atoms with Crippen LogP contribution in [-0.4, -0.2) is 4.98 Å². The topological polar surface area (TPSA) is 12.9 Å². The molecule has 1 aromatic rings. The Labute approximate surface area is 54.7 Å². The zero-order chi connectivity index (χ0) is 7.72. The number of aromatic nitrogens is 1. The molecule has 0 aliphatic carbocycles. The zero-order valence-corrected chi connectivity index (χ0v) is 4.99. The van der Waals surface area contributed by atoms with Crippen LogP contribution in [0.3, 0.4) is 0 Å². The SMILES string of the molecule is [2H]c1cc(Br)nc([2H])c1[2H]. The monoisotopic (exact) mass is 160 g/mol. The van der Waals surface area contributed by atoms with Gasteiger partial charge >= 0.3 is 0 Å². The summed E-state index contributed by atoms with van der Waals surface area (Å²) in [7, 11) is 0. The Morgan fingerprint density at radius 2 is 2.57 bits per heavy atom. The Kier molecular flexibility index (Phi) is 0.671. The summed E-state index contributed by atoms with van der Waals surface area (Å²) in [6, 6.07) is 1.27. The van der Waals surface area contributed by atoms with Crippen LogP contribution in [0.15, 0.2) is 28.9 Å². The van der Waals surface area contributed by atoms with Crippen molar-refractivity contribution in [2.45, 2.75) is 0 Å². The van der Waals surface area contributed by atoms with Crippen molar-refractivity contribution in [3.05, 3.63) is 28.9 Å². The molecule has 2 heteroatoms. The molecule has 0 unspecified atom stereocenters. The molecule has 1 heterocycles. The number of pyridine rings is 1. The van der Waals surface area contributed by atoms with Crippen LogP contribution in [0.2, 0.25) is 0 Å². The maximum atomic E-state index is 7.12. The van der Waals surface area contributed by atoms with Gasteiger partial charge < -0.3 is 0 Å². The standard InChI is InChI=1S/C5H4BrN/c6-5-3-1-2-4-7-5/h1-4H/i1D,2D,4D. The molecule has 0 radical (unpaired) electrons. The summed E-state index contributed by atoms with van der Waals surface area (Å²) in [6.07, 6.45) is -0.167. The van der Waals surface area contributed by atoms with Gasteiger partial charge in [0, 0.05) is 6.17 Å². The van der Waals surface area contributed by atoms with Crippen LogP contribution in [0, 0.1) is 0 Å². The lowest BCUT2D eigenvalue weighted by Gasteiger charge is -1.80. The van der Waals surface area contributed by atoms with E-state index in [0.29, 0.717) is 4.60 Å². The largest absolute Gasteiger partial charge is 0.249 e. The predicted octanol–water partition coefficient (Wildman–Crippen LogP) is 1.84. The minimum atomic E-state index is -0.167. The first-order chi connectivity index (χ1) is 4.61. The van der Waals surface area contributed by atoms with Crippen molar-refractivity contribution in [2.24, 2.45) is 0 Å². The Morgan fingerprint density at radius 1 is 1.71 bits per heavy atom. The van der Waals surface area contributed by atoms with Crippen molar-refractivity contribution in [1.29, 1.82) is 0 Å². The molecule has 1 rings (SSSR count). The third-order valence-electron chi connectivity index (χ3n) is 0.482. The Morgan fingerprint density at radius 3 is 3.29 bits per heavy atom. The van der Waals surface area contributed by atoms with Crippen LogP contribution in [-0.2, 0) is 0 Å². The van der Waals surface area contributed by atoms with Crippen molar-refractivity contribution in [3.8, 4) is 0 Å². The van der Waals surface area contributed by atoms with E-state index in [4.69, 9.17) is 4.11 Å². The van der Waals surface area contributed by atoms with Gasteiger partial charge in [-0.3, -0.25) is 0 Å². The minimum absolute atomic E-state index is 0.0203. The third kappa shape index (κ3) is 1.27. The first-order valence-electron chi connectivity index (χ1n) is 3.21. The molecule has 1 aromatic heterocycles.